The second kappa shape index (κ2) is 5.89. The summed E-state index contributed by atoms with van der Waals surface area (Å²) >= 11 is 1.78. The molecule has 0 saturated heterocycles. The maximum absolute atomic E-state index is 5.69. The maximum atomic E-state index is 5.69. The molecule has 0 bridgehead atoms. The molecule has 0 spiro atoms. The third-order valence-electron chi connectivity index (χ3n) is 2.20. The summed E-state index contributed by atoms with van der Waals surface area (Å²) in [5.74, 6) is 2.47. The van der Waals surface area contributed by atoms with Crippen molar-refractivity contribution in [3.05, 3.63) is 42.3 Å². The monoisotopic (exact) mass is 248 g/mol. The maximum Gasteiger partial charge on any atom is 0.226 e. The van der Waals surface area contributed by atoms with Crippen molar-refractivity contribution in [1.29, 1.82) is 0 Å². The second-order valence-corrected chi connectivity index (χ2v) is 5.03. The van der Waals surface area contributed by atoms with Crippen LogP contribution in [0.4, 0.5) is 0 Å². The zero-order chi connectivity index (χ0) is 12.1. The zero-order valence-corrected chi connectivity index (χ0v) is 10.6. The lowest BCUT2D eigenvalue weighted by Gasteiger charge is -2.01. The van der Waals surface area contributed by atoms with Crippen LogP contribution in [0.2, 0.25) is 0 Å². The largest absolute Gasteiger partial charge is 0.444 e. The summed E-state index contributed by atoms with van der Waals surface area (Å²) in [6.07, 6.45) is 1.72. The van der Waals surface area contributed by atoms with Crippen molar-refractivity contribution in [3.8, 4) is 11.5 Å². The highest BCUT2D eigenvalue weighted by molar-refractivity contribution is 7.98. The number of thioether (sulfide) groups is 1. The number of oxazole rings is 1. The van der Waals surface area contributed by atoms with Crippen molar-refractivity contribution in [2.24, 2.45) is 5.73 Å². The molecule has 0 aliphatic heterocycles. The van der Waals surface area contributed by atoms with Crippen LogP contribution in [-0.2, 0) is 5.75 Å². The van der Waals surface area contributed by atoms with E-state index in [9.17, 15) is 0 Å². The quantitative estimate of drug-likeness (QED) is 0.884. The van der Waals surface area contributed by atoms with Crippen LogP contribution in [0.5, 0.6) is 0 Å². The lowest BCUT2D eigenvalue weighted by molar-refractivity contribution is 0.573. The molecule has 1 aromatic heterocycles. The van der Waals surface area contributed by atoms with E-state index in [1.807, 2.05) is 37.3 Å². The first kappa shape index (κ1) is 12.2. The summed E-state index contributed by atoms with van der Waals surface area (Å²) in [5, 5.41) is 0. The fourth-order valence-electron chi connectivity index (χ4n) is 1.44. The van der Waals surface area contributed by atoms with Gasteiger partial charge in [-0.25, -0.2) is 4.98 Å². The topological polar surface area (TPSA) is 52.0 Å². The summed E-state index contributed by atoms with van der Waals surface area (Å²) in [6, 6.07) is 10.1. The Hall–Kier alpha value is -1.26. The normalized spacial score (nSPS) is 12.6. The summed E-state index contributed by atoms with van der Waals surface area (Å²) in [4.78, 5) is 4.45. The Labute approximate surface area is 105 Å². The van der Waals surface area contributed by atoms with Gasteiger partial charge in [-0.2, -0.15) is 11.8 Å². The Balaban J connectivity index is 1.97. The highest BCUT2D eigenvalue weighted by Crippen LogP contribution is 2.20. The van der Waals surface area contributed by atoms with Crippen LogP contribution in [0.1, 0.15) is 12.6 Å². The molecule has 0 fully saturated rings. The molecule has 1 unspecified atom stereocenters. The van der Waals surface area contributed by atoms with Crippen LogP contribution in [0.15, 0.2) is 41.0 Å². The average Bonchev–Trinajstić information content (AvgIpc) is 2.78. The minimum absolute atomic E-state index is 0.223. The molecule has 0 amide bonds. The number of aromatic nitrogens is 1. The van der Waals surface area contributed by atoms with Crippen LogP contribution in [0.3, 0.4) is 0 Å². The van der Waals surface area contributed by atoms with Gasteiger partial charge in [0.2, 0.25) is 5.89 Å². The van der Waals surface area contributed by atoms with E-state index >= 15 is 0 Å². The van der Waals surface area contributed by atoms with Crippen molar-refractivity contribution in [2.75, 3.05) is 5.75 Å². The molecular weight excluding hydrogens is 232 g/mol. The molecule has 3 nitrogen and oxygen atoms in total. The number of nitrogens with zero attached hydrogens (tertiary/aromatic N) is 1. The average molecular weight is 248 g/mol. The molecule has 2 rings (SSSR count). The van der Waals surface area contributed by atoms with Gasteiger partial charge < -0.3 is 10.2 Å². The van der Waals surface area contributed by atoms with E-state index in [4.69, 9.17) is 10.2 Å². The Morgan fingerprint density at radius 1 is 1.35 bits per heavy atom. The molecule has 2 N–H and O–H groups in total. The smallest absolute Gasteiger partial charge is 0.226 e. The van der Waals surface area contributed by atoms with Gasteiger partial charge in [-0.1, -0.05) is 18.2 Å². The minimum atomic E-state index is 0.223. The highest BCUT2D eigenvalue weighted by atomic mass is 32.2. The van der Waals surface area contributed by atoms with Crippen molar-refractivity contribution >= 4 is 11.8 Å². The first-order valence-corrected chi connectivity index (χ1v) is 6.74. The first-order valence-electron chi connectivity index (χ1n) is 5.59. The fourth-order valence-corrected chi connectivity index (χ4v) is 2.27. The Bertz CT molecular complexity index is 453. The van der Waals surface area contributed by atoms with E-state index in [-0.39, 0.29) is 6.04 Å². The molecule has 1 atom stereocenters. The van der Waals surface area contributed by atoms with E-state index < -0.39 is 0 Å². The highest BCUT2D eigenvalue weighted by Gasteiger charge is 2.06. The van der Waals surface area contributed by atoms with Crippen LogP contribution >= 0.6 is 11.8 Å². The van der Waals surface area contributed by atoms with E-state index in [0.717, 1.165) is 22.8 Å². The van der Waals surface area contributed by atoms with Gasteiger partial charge in [0.1, 0.15) is 6.26 Å². The molecule has 0 aliphatic carbocycles. The molecule has 0 aliphatic rings. The summed E-state index contributed by atoms with van der Waals surface area (Å²) < 4.78 is 5.45. The van der Waals surface area contributed by atoms with Crippen molar-refractivity contribution in [3.63, 3.8) is 0 Å². The van der Waals surface area contributed by atoms with Gasteiger partial charge in [-0.3, -0.25) is 0 Å². The van der Waals surface area contributed by atoms with Gasteiger partial charge in [0, 0.05) is 23.1 Å². The van der Waals surface area contributed by atoms with Crippen molar-refractivity contribution < 1.29 is 4.42 Å². The molecule has 17 heavy (non-hydrogen) atoms. The number of hydrogen-bond acceptors (Lipinski definition) is 4. The van der Waals surface area contributed by atoms with Crippen LogP contribution in [-0.4, -0.2) is 16.8 Å². The van der Waals surface area contributed by atoms with Gasteiger partial charge in [0.15, 0.2) is 0 Å². The summed E-state index contributed by atoms with van der Waals surface area (Å²) in [5.41, 5.74) is 7.67. The minimum Gasteiger partial charge on any atom is -0.444 e. The molecule has 1 heterocycles. The van der Waals surface area contributed by atoms with E-state index in [0.29, 0.717) is 5.89 Å². The predicted octanol–water partition coefficient (Wildman–Crippen LogP) is 2.92. The summed E-state index contributed by atoms with van der Waals surface area (Å²) in [6.45, 7) is 2.01. The van der Waals surface area contributed by atoms with Gasteiger partial charge in [-0.05, 0) is 19.1 Å². The summed E-state index contributed by atoms with van der Waals surface area (Å²) in [7, 11) is 0. The first-order chi connectivity index (χ1) is 8.25. The van der Waals surface area contributed by atoms with Crippen LogP contribution in [0, 0.1) is 0 Å². The lowest BCUT2D eigenvalue weighted by Crippen LogP contribution is -2.17. The van der Waals surface area contributed by atoms with Crippen molar-refractivity contribution in [2.45, 2.75) is 18.7 Å². The van der Waals surface area contributed by atoms with Gasteiger partial charge >= 0.3 is 0 Å². The molecular formula is C13H16N2OS. The zero-order valence-electron chi connectivity index (χ0n) is 9.80. The Kier molecular flexibility index (Phi) is 4.23. The Morgan fingerprint density at radius 3 is 2.82 bits per heavy atom. The number of benzene rings is 1. The Morgan fingerprint density at radius 2 is 2.12 bits per heavy atom. The van der Waals surface area contributed by atoms with Crippen LogP contribution in [0.25, 0.3) is 11.5 Å². The molecule has 0 radical (unpaired) electrons. The van der Waals surface area contributed by atoms with Gasteiger partial charge in [0.25, 0.3) is 0 Å². The molecule has 90 valence electrons. The molecule has 4 heteroatoms. The SMILES string of the molecule is CC(N)CSCc1coc(-c2ccccc2)n1. The number of rotatable bonds is 5. The van der Waals surface area contributed by atoms with E-state index in [2.05, 4.69) is 4.98 Å². The predicted molar refractivity (Wildman–Crippen MR) is 71.8 cm³/mol. The molecule has 2 aromatic rings. The van der Waals surface area contributed by atoms with E-state index in [1.165, 1.54) is 0 Å². The van der Waals surface area contributed by atoms with E-state index in [1.54, 1.807) is 18.0 Å². The lowest BCUT2D eigenvalue weighted by atomic mass is 10.2. The number of hydrogen-bond donors (Lipinski definition) is 1. The molecule has 0 saturated carbocycles. The third-order valence-corrected chi connectivity index (χ3v) is 3.46. The van der Waals surface area contributed by atoms with Gasteiger partial charge in [-0.15, -0.1) is 0 Å². The van der Waals surface area contributed by atoms with Crippen molar-refractivity contribution in [1.82, 2.24) is 4.98 Å². The molecule has 1 aromatic carbocycles. The second-order valence-electron chi connectivity index (χ2n) is 4.00. The fraction of sp³-hybridized carbons (Fsp3) is 0.308. The van der Waals surface area contributed by atoms with Crippen LogP contribution < -0.4 is 5.73 Å². The standard InChI is InChI=1S/C13H16N2OS/c1-10(14)8-17-9-12-7-16-13(15-12)11-5-3-2-4-6-11/h2-7,10H,8-9,14H2,1H3. The third kappa shape index (κ3) is 3.61. The number of nitrogens with two attached hydrogens (primary N) is 1. The van der Waals surface area contributed by atoms with Gasteiger partial charge in [0.05, 0.1) is 5.69 Å².